The van der Waals surface area contributed by atoms with E-state index in [0.29, 0.717) is 12.2 Å². The summed E-state index contributed by atoms with van der Waals surface area (Å²) in [5.74, 6) is 0.666. The van der Waals surface area contributed by atoms with Gasteiger partial charge < -0.3 is 5.32 Å². The average molecular weight is 383 g/mol. The number of carbonyl (C=O) groups is 1. The maximum Gasteiger partial charge on any atom is 0.225 e. The summed E-state index contributed by atoms with van der Waals surface area (Å²) in [5.41, 5.74) is 1.09. The van der Waals surface area contributed by atoms with Crippen molar-refractivity contribution in [2.24, 2.45) is 0 Å². The number of halogens is 2. The number of nitrogens with zero attached hydrogens (tertiary/aromatic N) is 1. The molecule has 0 fully saturated rings. The number of carbonyl (C=O) groups excluding carboxylic acids is 1. The van der Waals surface area contributed by atoms with Crippen molar-refractivity contribution in [3.05, 3.63) is 19.8 Å². The summed E-state index contributed by atoms with van der Waals surface area (Å²) >= 11 is 5.58. The van der Waals surface area contributed by atoms with Crippen molar-refractivity contribution < 1.29 is 4.79 Å². The molecule has 0 bridgehead atoms. The molecule has 0 saturated heterocycles. The van der Waals surface area contributed by atoms with E-state index in [4.69, 9.17) is 0 Å². The summed E-state index contributed by atoms with van der Waals surface area (Å²) in [6, 6.07) is 0. The van der Waals surface area contributed by atoms with Crippen LogP contribution in [0.1, 0.15) is 25.3 Å². The van der Waals surface area contributed by atoms with E-state index in [2.05, 4.69) is 48.8 Å². The van der Waals surface area contributed by atoms with Crippen LogP contribution in [0.25, 0.3) is 0 Å². The molecular weight excluding hydrogens is 371 g/mol. The first-order chi connectivity index (χ1) is 7.06. The van der Waals surface area contributed by atoms with Crippen molar-refractivity contribution in [2.75, 3.05) is 5.32 Å². The SMILES string of the molecule is CCCC(=O)Nc1ncc(Br)c(C)c1I. The molecular formula is C10H12BrIN2O. The van der Waals surface area contributed by atoms with Crippen LogP contribution in [-0.4, -0.2) is 10.9 Å². The van der Waals surface area contributed by atoms with E-state index in [9.17, 15) is 4.79 Å². The first kappa shape index (κ1) is 12.9. The maximum absolute atomic E-state index is 11.4. The van der Waals surface area contributed by atoms with Crippen molar-refractivity contribution in [1.29, 1.82) is 0 Å². The normalized spacial score (nSPS) is 10.1. The quantitative estimate of drug-likeness (QED) is 0.813. The minimum Gasteiger partial charge on any atom is -0.310 e. The lowest BCUT2D eigenvalue weighted by molar-refractivity contribution is -0.116. The predicted molar refractivity (Wildman–Crippen MR) is 72.9 cm³/mol. The molecule has 1 aromatic rings. The zero-order valence-corrected chi connectivity index (χ0v) is 12.3. The fourth-order valence-corrected chi connectivity index (χ4v) is 2.30. The molecule has 82 valence electrons. The highest BCUT2D eigenvalue weighted by atomic mass is 127. The van der Waals surface area contributed by atoms with Gasteiger partial charge in [0.2, 0.25) is 5.91 Å². The molecule has 1 N–H and O–H groups in total. The van der Waals surface area contributed by atoms with Gasteiger partial charge in [0.25, 0.3) is 0 Å². The van der Waals surface area contributed by atoms with Gasteiger partial charge in [0.15, 0.2) is 0 Å². The molecule has 0 unspecified atom stereocenters. The van der Waals surface area contributed by atoms with Gasteiger partial charge in [-0.25, -0.2) is 4.98 Å². The summed E-state index contributed by atoms with van der Waals surface area (Å²) in [6.07, 6.45) is 3.09. The highest BCUT2D eigenvalue weighted by molar-refractivity contribution is 14.1. The molecule has 0 radical (unpaired) electrons. The van der Waals surface area contributed by atoms with Crippen LogP contribution < -0.4 is 5.32 Å². The van der Waals surface area contributed by atoms with Gasteiger partial charge in [0.1, 0.15) is 5.82 Å². The molecule has 15 heavy (non-hydrogen) atoms. The Morgan fingerprint density at radius 3 is 2.93 bits per heavy atom. The van der Waals surface area contributed by atoms with Crippen molar-refractivity contribution >= 4 is 50.2 Å². The first-order valence-electron chi connectivity index (χ1n) is 4.66. The average Bonchev–Trinajstić information content (AvgIpc) is 2.20. The Hall–Kier alpha value is -0.170. The summed E-state index contributed by atoms with van der Waals surface area (Å²) in [7, 11) is 0. The second-order valence-electron chi connectivity index (χ2n) is 3.19. The lowest BCUT2D eigenvalue weighted by Crippen LogP contribution is -2.13. The van der Waals surface area contributed by atoms with Gasteiger partial charge in [-0.3, -0.25) is 4.79 Å². The van der Waals surface area contributed by atoms with Gasteiger partial charge in [-0.2, -0.15) is 0 Å². The third-order valence-corrected chi connectivity index (χ3v) is 4.06. The fourth-order valence-electron chi connectivity index (χ4n) is 1.07. The number of hydrogen-bond acceptors (Lipinski definition) is 2. The molecule has 1 heterocycles. The highest BCUT2D eigenvalue weighted by Gasteiger charge is 2.09. The Labute approximate surface area is 111 Å². The summed E-state index contributed by atoms with van der Waals surface area (Å²) < 4.78 is 1.94. The molecule has 0 atom stereocenters. The van der Waals surface area contributed by atoms with Crippen molar-refractivity contribution in [3.63, 3.8) is 0 Å². The van der Waals surface area contributed by atoms with Crippen LogP contribution in [0, 0.1) is 10.5 Å². The highest BCUT2D eigenvalue weighted by Crippen LogP contribution is 2.25. The van der Waals surface area contributed by atoms with E-state index < -0.39 is 0 Å². The molecule has 0 aliphatic heterocycles. The minimum absolute atomic E-state index is 0.0182. The number of nitrogens with one attached hydrogen (secondary N) is 1. The predicted octanol–water partition coefficient (Wildman–Crippen LogP) is 3.50. The Balaban J connectivity index is 2.87. The van der Waals surface area contributed by atoms with Crippen LogP contribution in [0.2, 0.25) is 0 Å². The van der Waals surface area contributed by atoms with Gasteiger partial charge in [-0.15, -0.1) is 0 Å². The van der Waals surface area contributed by atoms with E-state index >= 15 is 0 Å². The van der Waals surface area contributed by atoms with Crippen molar-refractivity contribution in [3.8, 4) is 0 Å². The Kier molecular flexibility index (Phi) is 4.98. The molecule has 5 heteroatoms. The number of rotatable bonds is 3. The van der Waals surface area contributed by atoms with E-state index in [1.807, 2.05) is 13.8 Å². The van der Waals surface area contributed by atoms with Crippen LogP contribution in [0.5, 0.6) is 0 Å². The zero-order chi connectivity index (χ0) is 11.4. The third kappa shape index (κ3) is 3.41. The molecule has 1 rings (SSSR count). The summed E-state index contributed by atoms with van der Waals surface area (Å²) in [5, 5.41) is 2.80. The van der Waals surface area contributed by atoms with E-state index in [0.717, 1.165) is 20.0 Å². The minimum atomic E-state index is 0.0182. The van der Waals surface area contributed by atoms with Crippen molar-refractivity contribution in [2.45, 2.75) is 26.7 Å². The van der Waals surface area contributed by atoms with Crippen LogP contribution in [-0.2, 0) is 4.79 Å². The molecule has 1 aromatic heterocycles. The molecule has 0 saturated carbocycles. The van der Waals surface area contributed by atoms with Crippen LogP contribution >= 0.6 is 38.5 Å². The first-order valence-corrected chi connectivity index (χ1v) is 6.53. The molecule has 0 spiro atoms. The largest absolute Gasteiger partial charge is 0.310 e. The second-order valence-corrected chi connectivity index (χ2v) is 5.12. The van der Waals surface area contributed by atoms with Gasteiger partial charge in [0.05, 0.1) is 3.57 Å². The van der Waals surface area contributed by atoms with Gasteiger partial charge in [-0.05, 0) is 57.4 Å². The molecule has 0 aliphatic carbocycles. The number of amides is 1. The summed E-state index contributed by atoms with van der Waals surface area (Å²) in [4.78, 5) is 15.6. The Bertz CT molecular complexity index is 382. The standard InChI is InChI=1S/C10H12BrIN2O/c1-3-4-8(15)14-10-9(12)6(2)7(11)5-13-10/h5H,3-4H2,1-2H3,(H,13,14,15). The zero-order valence-electron chi connectivity index (χ0n) is 8.60. The number of hydrogen-bond donors (Lipinski definition) is 1. The van der Waals surface area contributed by atoms with E-state index in [1.165, 1.54) is 0 Å². The number of anilines is 1. The Morgan fingerprint density at radius 1 is 1.67 bits per heavy atom. The maximum atomic E-state index is 11.4. The fraction of sp³-hybridized carbons (Fsp3) is 0.400. The van der Waals surface area contributed by atoms with Crippen LogP contribution in [0.3, 0.4) is 0 Å². The lowest BCUT2D eigenvalue weighted by Gasteiger charge is -2.08. The number of pyridine rings is 1. The van der Waals surface area contributed by atoms with E-state index in [1.54, 1.807) is 6.20 Å². The van der Waals surface area contributed by atoms with E-state index in [-0.39, 0.29) is 5.91 Å². The lowest BCUT2D eigenvalue weighted by atomic mass is 10.3. The summed E-state index contributed by atoms with van der Waals surface area (Å²) in [6.45, 7) is 3.97. The molecule has 0 aliphatic rings. The van der Waals surface area contributed by atoms with Crippen LogP contribution in [0.15, 0.2) is 10.7 Å². The second kappa shape index (κ2) is 5.79. The Morgan fingerprint density at radius 2 is 2.33 bits per heavy atom. The monoisotopic (exact) mass is 382 g/mol. The van der Waals surface area contributed by atoms with Crippen molar-refractivity contribution in [1.82, 2.24) is 4.98 Å². The van der Waals surface area contributed by atoms with Gasteiger partial charge in [0, 0.05) is 17.1 Å². The third-order valence-electron chi connectivity index (χ3n) is 1.94. The molecule has 1 amide bonds. The van der Waals surface area contributed by atoms with Crippen LogP contribution in [0.4, 0.5) is 5.82 Å². The topological polar surface area (TPSA) is 42.0 Å². The number of aromatic nitrogens is 1. The molecule has 3 nitrogen and oxygen atoms in total. The smallest absolute Gasteiger partial charge is 0.225 e. The van der Waals surface area contributed by atoms with Gasteiger partial charge in [-0.1, -0.05) is 6.92 Å². The molecule has 0 aromatic carbocycles. The van der Waals surface area contributed by atoms with Gasteiger partial charge >= 0.3 is 0 Å².